The molecule has 4 unspecified atom stereocenters. The number of aliphatic hydroxyl groups is 1. The number of ether oxygens (including phenoxy) is 1. The monoisotopic (exact) mass is 300 g/mol. The van der Waals surface area contributed by atoms with E-state index in [0.717, 1.165) is 12.8 Å². The van der Waals surface area contributed by atoms with E-state index in [-0.39, 0.29) is 18.1 Å². The van der Waals surface area contributed by atoms with E-state index in [1.54, 1.807) is 0 Å². The van der Waals surface area contributed by atoms with Gasteiger partial charge in [-0.15, -0.1) is 0 Å². The fourth-order valence-corrected chi connectivity index (χ4v) is 2.63. The average Bonchev–Trinajstić information content (AvgIpc) is 2.49. The molecule has 4 atom stereocenters. The van der Waals surface area contributed by atoms with Crippen molar-refractivity contribution in [2.45, 2.75) is 71.1 Å². The van der Waals surface area contributed by atoms with Crippen molar-refractivity contribution in [2.24, 2.45) is 5.92 Å². The molecular weight excluding hydrogens is 268 g/mol. The lowest BCUT2D eigenvalue weighted by molar-refractivity contribution is -0.122. The maximum Gasteiger partial charge on any atom is 0.236 e. The molecule has 0 aromatic heterocycles. The van der Waals surface area contributed by atoms with Gasteiger partial charge in [-0.25, -0.2) is 0 Å². The molecule has 0 heterocycles. The van der Waals surface area contributed by atoms with Gasteiger partial charge in [0.25, 0.3) is 0 Å². The SMILES string of the molecule is CCCNC(=O)C(C)NCC(O)COC1CCCCC1C. The molecule has 0 aliphatic heterocycles. The Labute approximate surface area is 128 Å². The predicted molar refractivity (Wildman–Crippen MR) is 84.1 cm³/mol. The minimum atomic E-state index is -0.569. The maximum absolute atomic E-state index is 11.7. The summed E-state index contributed by atoms with van der Waals surface area (Å²) in [6, 6.07) is -0.292. The van der Waals surface area contributed by atoms with Crippen molar-refractivity contribution in [3.05, 3.63) is 0 Å². The first kappa shape index (κ1) is 18.4. The number of carbonyl (C=O) groups is 1. The van der Waals surface area contributed by atoms with E-state index >= 15 is 0 Å². The van der Waals surface area contributed by atoms with Gasteiger partial charge < -0.3 is 20.5 Å². The van der Waals surface area contributed by atoms with Gasteiger partial charge in [-0.2, -0.15) is 0 Å². The summed E-state index contributed by atoms with van der Waals surface area (Å²) in [7, 11) is 0. The van der Waals surface area contributed by atoms with E-state index in [1.807, 2.05) is 13.8 Å². The van der Waals surface area contributed by atoms with Crippen LogP contribution < -0.4 is 10.6 Å². The molecule has 1 amide bonds. The summed E-state index contributed by atoms with van der Waals surface area (Å²) >= 11 is 0. The molecule has 0 saturated heterocycles. The summed E-state index contributed by atoms with van der Waals surface area (Å²) in [5.74, 6) is 0.559. The van der Waals surface area contributed by atoms with Gasteiger partial charge in [0, 0.05) is 13.1 Å². The Hall–Kier alpha value is -0.650. The van der Waals surface area contributed by atoms with Gasteiger partial charge in [0.2, 0.25) is 5.91 Å². The van der Waals surface area contributed by atoms with Crippen molar-refractivity contribution in [3.8, 4) is 0 Å². The molecule has 0 bridgehead atoms. The number of carbonyl (C=O) groups excluding carboxylic acids is 1. The van der Waals surface area contributed by atoms with Crippen LogP contribution >= 0.6 is 0 Å². The molecule has 5 heteroatoms. The normalized spacial score (nSPS) is 25.3. The van der Waals surface area contributed by atoms with Crippen LogP contribution in [0.4, 0.5) is 0 Å². The summed E-state index contributed by atoms with van der Waals surface area (Å²) in [5.41, 5.74) is 0. The Morgan fingerprint density at radius 1 is 1.38 bits per heavy atom. The Balaban J connectivity index is 2.15. The third-order valence-electron chi connectivity index (χ3n) is 4.14. The molecule has 5 nitrogen and oxygen atoms in total. The molecule has 1 fully saturated rings. The topological polar surface area (TPSA) is 70.6 Å². The fraction of sp³-hybridized carbons (Fsp3) is 0.938. The van der Waals surface area contributed by atoms with Gasteiger partial charge in [0.15, 0.2) is 0 Å². The number of hydrogen-bond acceptors (Lipinski definition) is 4. The summed E-state index contributed by atoms with van der Waals surface area (Å²) in [6.07, 6.45) is 5.45. The van der Waals surface area contributed by atoms with Crippen LogP contribution in [0.1, 0.15) is 52.9 Å². The minimum Gasteiger partial charge on any atom is -0.389 e. The second-order valence-electron chi connectivity index (χ2n) is 6.21. The highest BCUT2D eigenvalue weighted by Gasteiger charge is 2.23. The van der Waals surface area contributed by atoms with Crippen molar-refractivity contribution in [3.63, 3.8) is 0 Å². The van der Waals surface area contributed by atoms with Crippen LogP contribution in [0, 0.1) is 5.92 Å². The smallest absolute Gasteiger partial charge is 0.236 e. The lowest BCUT2D eigenvalue weighted by atomic mass is 9.88. The van der Waals surface area contributed by atoms with Crippen molar-refractivity contribution in [1.29, 1.82) is 0 Å². The zero-order chi connectivity index (χ0) is 15.7. The molecule has 0 aromatic rings. The number of rotatable bonds is 9. The zero-order valence-corrected chi connectivity index (χ0v) is 13.7. The first-order valence-electron chi connectivity index (χ1n) is 8.35. The summed E-state index contributed by atoms with van der Waals surface area (Å²) in [4.78, 5) is 11.7. The molecule has 0 spiro atoms. The summed E-state index contributed by atoms with van der Waals surface area (Å²) < 4.78 is 5.82. The lowest BCUT2D eigenvalue weighted by Gasteiger charge is -2.29. The van der Waals surface area contributed by atoms with Gasteiger partial charge in [-0.1, -0.05) is 26.7 Å². The highest BCUT2D eigenvalue weighted by Crippen LogP contribution is 2.26. The molecule has 1 aliphatic rings. The molecule has 3 N–H and O–H groups in total. The first-order valence-corrected chi connectivity index (χ1v) is 8.35. The van der Waals surface area contributed by atoms with E-state index < -0.39 is 6.10 Å². The van der Waals surface area contributed by atoms with Crippen molar-refractivity contribution >= 4 is 5.91 Å². The van der Waals surface area contributed by atoms with Crippen LogP contribution in [-0.4, -0.2) is 49.0 Å². The van der Waals surface area contributed by atoms with Crippen molar-refractivity contribution in [2.75, 3.05) is 19.7 Å². The minimum absolute atomic E-state index is 0.0223. The summed E-state index contributed by atoms with van der Waals surface area (Å²) in [6.45, 7) is 7.45. The van der Waals surface area contributed by atoms with E-state index in [2.05, 4.69) is 17.6 Å². The number of aliphatic hydroxyl groups excluding tert-OH is 1. The number of hydrogen-bond donors (Lipinski definition) is 3. The van der Waals surface area contributed by atoms with Crippen LogP contribution in [0.5, 0.6) is 0 Å². The van der Waals surface area contributed by atoms with Crippen LogP contribution in [-0.2, 0) is 9.53 Å². The highest BCUT2D eigenvalue weighted by molar-refractivity contribution is 5.81. The van der Waals surface area contributed by atoms with Crippen LogP contribution in [0.15, 0.2) is 0 Å². The van der Waals surface area contributed by atoms with Crippen LogP contribution in [0.3, 0.4) is 0 Å². The van der Waals surface area contributed by atoms with Crippen molar-refractivity contribution < 1.29 is 14.6 Å². The number of amides is 1. The Morgan fingerprint density at radius 3 is 2.76 bits per heavy atom. The zero-order valence-electron chi connectivity index (χ0n) is 13.7. The van der Waals surface area contributed by atoms with Gasteiger partial charge in [-0.05, 0) is 32.1 Å². The van der Waals surface area contributed by atoms with Crippen LogP contribution in [0.2, 0.25) is 0 Å². The first-order chi connectivity index (χ1) is 10.0. The molecule has 1 saturated carbocycles. The second-order valence-corrected chi connectivity index (χ2v) is 6.21. The average molecular weight is 300 g/mol. The molecule has 1 rings (SSSR count). The van der Waals surface area contributed by atoms with E-state index in [9.17, 15) is 9.90 Å². The lowest BCUT2D eigenvalue weighted by Crippen LogP contribution is -2.45. The summed E-state index contributed by atoms with van der Waals surface area (Å²) in [5, 5.41) is 15.8. The molecule has 0 aromatic carbocycles. The Bertz CT molecular complexity index is 299. The van der Waals surface area contributed by atoms with Gasteiger partial charge in [0.05, 0.1) is 24.9 Å². The quantitative estimate of drug-likeness (QED) is 0.603. The molecule has 124 valence electrons. The molecular formula is C16H32N2O3. The molecule has 1 aliphatic carbocycles. The van der Waals surface area contributed by atoms with Gasteiger partial charge >= 0.3 is 0 Å². The number of nitrogens with one attached hydrogen (secondary N) is 2. The fourth-order valence-electron chi connectivity index (χ4n) is 2.63. The maximum atomic E-state index is 11.7. The predicted octanol–water partition coefficient (Wildman–Crippen LogP) is 1.45. The van der Waals surface area contributed by atoms with Crippen molar-refractivity contribution in [1.82, 2.24) is 10.6 Å². The van der Waals surface area contributed by atoms with Gasteiger partial charge in [0.1, 0.15) is 0 Å². The standard InChI is InChI=1S/C16H32N2O3/c1-4-9-17-16(20)13(3)18-10-14(19)11-21-15-8-6-5-7-12(15)2/h12-15,18-19H,4-11H2,1-3H3,(H,17,20). The Kier molecular flexibility index (Phi) is 8.88. The second kappa shape index (κ2) is 10.1. The Morgan fingerprint density at radius 2 is 2.10 bits per heavy atom. The van der Waals surface area contributed by atoms with Crippen LogP contribution in [0.25, 0.3) is 0 Å². The highest BCUT2D eigenvalue weighted by atomic mass is 16.5. The largest absolute Gasteiger partial charge is 0.389 e. The molecule has 0 radical (unpaired) electrons. The van der Waals surface area contributed by atoms with Gasteiger partial charge in [-0.3, -0.25) is 4.79 Å². The van der Waals surface area contributed by atoms with E-state index in [0.29, 0.717) is 25.6 Å². The van der Waals surface area contributed by atoms with E-state index in [1.165, 1.54) is 19.3 Å². The third-order valence-corrected chi connectivity index (χ3v) is 4.14. The van der Waals surface area contributed by atoms with E-state index in [4.69, 9.17) is 4.74 Å². The third kappa shape index (κ3) is 7.25. The molecule has 21 heavy (non-hydrogen) atoms.